The van der Waals surface area contributed by atoms with Gasteiger partial charge < -0.3 is 4.39 Å². The smallest absolute Gasteiger partial charge is 0.292 e. The van der Waals surface area contributed by atoms with Gasteiger partial charge in [-0.3, -0.25) is 0 Å². The van der Waals surface area contributed by atoms with Gasteiger partial charge in [0.1, 0.15) is 0 Å². The molecule has 1 nitrogen and oxygen atoms in total. The van der Waals surface area contributed by atoms with Crippen LogP contribution >= 0.6 is 0 Å². The van der Waals surface area contributed by atoms with Crippen molar-refractivity contribution >= 4 is 60.6 Å². The van der Waals surface area contributed by atoms with Crippen LogP contribution in [0.3, 0.4) is 0 Å². The lowest BCUT2D eigenvalue weighted by Crippen LogP contribution is -2.75. The van der Waals surface area contributed by atoms with E-state index in [1.54, 1.807) is 0 Å². The first-order valence-electron chi connectivity index (χ1n) is 15.3. The summed E-state index contributed by atoms with van der Waals surface area (Å²) in [6, 6.07) is 58.9. The molecule has 0 amide bonds. The highest BCUT2D eigenvalue weighted by Gasteiger charge is 2.53. The molecule has 0 bridgehead atoms. The summed E-state index contributed by atoms with van der Waals surface area (Å²) in [6.45, 7) is 0.936. The normalized spacial score (nSPS) is 15.9. The van der Waals surface area contributed by atoms with E-state index in [0.29, 0.717) is 0 Å². The topological polar surface area (TPSA) is 0 Å². The Labute approximate surface area is 253 Å². The molecule has 0 radical (unpaired) electrons. The Balaban J connectivity index is 1.54. The molecule has 0 spiro atoms. The Morgan fingerprint density at radius 2 is 0.860 bits per heavy atom. The molecular weight excluding hydrogens is 517 g/mol. The number of nitrogens with zero attached hydrogens (tertiary/aromatic N) is 1. The summed E-state index contributed by atoms with van der Waals surface area (Å²) in [5, 5.41) is 7.67. The first kappa shape index (κ1) is 25.8. The highest BCUT2D eigenvalue weighted by molar-refractivity contribution is 7.12. The molecule has 43 heavy (non-hydrogen) atoms. The molecule has 0 unspecified atom stereocenters. The van der Waals surface area contributed by atoms with Gasteiger partial charge in [-0.1, -0.05) is 157 Å². The Bertz CT molecular complexity index is 2110. The average Bonchev–Trinajstić information content (AvgIpc) is 3.32. The Morgan fingerprint density at radius 1 is 0.419 bits per heavy atom. The Morgan fingerprint density at radius 3 is 1.40 bits per heavy atom. The summed E-state index contributed by atoms with van der Waals surface area (Å²) in [5.41, 5.74) is 8.26. The van der Waals surface area contributed by atoms with Crippen LogP contribution in [0.4, 0.5) is 0 Å². The largest absolute Gasteiger partial charge is 0.505 e. The van der Waals surface area contributed by atoms with E-state index in [9.17, 15) is 0 Å². The zero-order valence-corrected chi connectivity index (χ0v) is 24.7. The maximum Gasteiger partial charge on any atom is 0.292 e. The molecule has 1 heterocycles. The van der Waals surface area contributed by atoms with Crippen LogP contribution in [0.1, 0.15) is 11.1 Å². The molecule has 1 aliphatic rings. The van der Waals surface area contributed by atoms with Crippen LogP contribution in [0.25, 0.3) is 43.4 Å². The predicted octanol–water partition coefficient (Wildman–Crippen LogP) is 8.45. The number of benzene rings is 7. The second kappa shape index (κ2) is 9.83. The minimum absolute atomic E-state index is 0.836. The number of quaternary nitrogens is 1. The van der Waals surface area contributed by atoms with E-state index >= 15 is 0 Å². The zero-order chi connectivity index (χ0) is 29.0. The van der Waals surface area contributed by atoms with E-state index in [1.165, 1.54) is 65.4 Å². The summed E-state index contributed by atoms with van der Waals surface area (Å²) in [6.07, 6.45) is -1.48. The number of rotatable bonds is 4. The van der Waals surface area contributed by atoms with Gasteiger partial charge >= 0.3 is 0 Å². The van der Waals surface area contributed by atoms with E-state index < -0.39 is 6.28 Å². The van der Waals surface area contributed by atoms with Gasteiger partial charge in [-0.2, -0.15) is 0 Å². The lowest BCUT2D eigenvalue weighted by molar-refractivity contribution is -0.774. The molecule has 1 aliphatic heterocycles. The van der Waals surface area contributed by atoms with Gasteiger partial charge in [-0.25, -0.2) is 0 Å². The number of hydrogen-bond donors (Lipinski definition) is 0. The molecule has 0 N–H and O–H groups in total. The fourth-order valence-electron chi connectivity index (χ4n) is 8.16. The van der Waals surface area contributed by atoms with Crippen LogP contribution in [0.2, 0.25) is 0 Å². The third kappa shape index (κ3) is 3.98. The molecule has 0 saturated carbocycles. The van der Waals surface area contributed by atoms with Crippen molar-refractivity contribution in [2.24, 2.45) is 0 Å². The van der Waals surface area contributed by atoms with Gasteiger partial charge in [0.05, 0.1) is 6.54 Å². The van der Waals surface area contributed by atoms with Crippen LogP contribution in [-0.4, -0.2) is 31.3 Å². The van der Waals surface area contributed by atoms with Gasteiger partial charge in [0.25, 0.3) is 6.28 Å². The molecular formula is C41H34BN. The fourth-order valence-corrected chi connectivity index (χ4v) is 8.16. The van der Waals surface area contributed by atoms with E-state index in [2.05, 4.69) is 172 Å². The first-order valence-corrected chi connectivity index (χ1v) is 15.3. The Hall–Kier alpha value is -4.92. The van der Waals surface area contributed by atoms with E-state index in [0.717, 1.165) is 10.9 Å². The van der Waals surface area contributed by atoms with Gasteiger partial charge in [-0.15, -0.1) is 16.4 Å². The Kier molecular flexibility index (Phi) is 5.89. The third-order valence-corrected chi connectivity index (χ3v) is 10.1. The van der Waals surface area contributed by atoms with Crippen LogP contribution in [0.15, 0.2) is 158 Å². The summed E-state index contributed by atoms with van der Waals surface area (Å²) in [4.78, 5) is 0. The lowest BCUT2D eigenvalue weighted by atomic mass is 9.21. The van der Waals surface area contributed by atoms with Gasteiger partial charge in [0.15, 0.2) is 0 Å². The monoisotopic (exact) mass is 551 g/mol. The van der Waals surface area contributed by atoms with Crippen molar-refractivity contribution in [3.05, 3.63) is 169 Å². The van der Waals surface area contributed by atoms with Gasteiger partial charge in [0, 0.05) is 14.1 Å². The zero-order valence-electron chi connectivity index (χ0n) is 24.7. The lowest BCUT2D eigenvalue weighted by Gasteiger charge is -2.54. The minimum atomic E-state index is -1.48. The average molecular weight is 552 g/mol. The van der Waals surface area contributed by atoms with Crippen molar-refractivity contribution in [1.82, 2.24) is 0 Å². The first-order chi connectivity index (χ1) is 21.0. The van der Waals surface area contributed by atoms with E-state index in [4.69, 9.17) is 0 Å². The number of likely N-dealkylation sites (N-methyl/N-ethyl adjacent to an activating group) is 1. The maximum atomic E-state index is 2.47. The number of hydrogen-bond acceptors (Lipinski definition) is 0. The molecule has 0 atom stereocenters. The summed E-state index contributed by atoms with van der Waals surface area (Å²) in [7, 11) is 4.89. The van der Waals surface area contributed by atoms with Crippen LogP contribution in [0, 0.1) is 0 Å². The van der Waals surface area contributed by atoms with Crippen molar-refractivity contribution in [2.45, 2.75) is 0 Å². The highest BCUT2D eigenvalue weighted by Crippen LogP contribution is 2.46. The van der Waals surface area contributed by atoms with E-state index in [1.807, 2.05) is 0 Å². The second-order valence-electron chi connectivity index (χ2n) is 12.8. The standard InChI is InChI=1S/C41H34BN/c1-43(2)29-40(33-15-4-3-5-16-33)41(37-21-20-30-12-6-9-17-34(30)26-37)42(43,38-24-22-31-13-7-10-18-35(31)27-38)39-25-23-32-14-8-11-19-36(32)28-39/h3-28H,29H2,1-2H3. The highest BCUT2D eigenvalue weighted by atomic mass is 15.3. The minimum Gasteiger partial charge on any atom is -0.505 e. The molecule has 8 rings (SSSR count). The van der Waals surface area contributed by atoms with Crippen molar-refractivity contribution in [3.63, 3.8) is 0 Å². The molecule has 0 fully saturated rings. The van der Waals surface area contributed by atoms with Crippen molar-refractivity contribution in [1.29, 1.82) is 0 Å². The summed E-state index contributed by atoms with van der Waals surface area (Å²) >= 11 is 0. The van der Waals surface area contributed by atoms with Crippen LogP contribution < -0.4 is 10.9 Å². The van der Waals surface area contributed by atoms with Crippen LogP contribution in [-0.2, 0) is 0 Å². The SMILES string of the molecule is C[N+]1(C)CC(c2ccccc2)=C(c2ccc3ccccc3c2)[B-]1(c1ccc2ccccc2c1)c1ccc2ccccc2c1. The van der Waals surface area contributed by atoms with E-state index in [-0.39, 0.29) is 0 Å². The fraction of sp³-hybridized carbons (Fsp3) is 0.0732. The molecule has 0 saturated heterocycles. The molecule has 7 aromatic rings. The summed E-state index contributed by atoms with van der Waals surface area (Å²) in [5.74, 6) is 0. The maximum absolute atomic E-state index is 2.47. The van der Waals surface area contributed by atoms with Crippen molar-refractivity contribution < 1.29 is 4.39 Å². The van der Waals surface area contributed by atoms with Crippen molar-refractivity contribution in [2.75, 3.05) is 20.6 Å². The second-order valence-corrected chi connectivity index (χ2v) is 12.8. The predicted molar refractivity (Wildman–Crippen MR) is 187 cm³/mol. The molecule has 0 aliphatic carbocycles. The van der Waals surface area contributed by atoms with Crippen LogP contribution in [0.5, 0.6) is 0 Å². The molecule has 206 valence electrons. The molecule has 0 aromatic heterocycles. The van der Waals surface area contributed by atoms with Gasteiger partial charge in [0.2, 0.25) is 0 Å². The van der Waals surface area contributed by atoms with Crippen molar-refractivity contribution in [3.8, 4) is 0 Å². The molecule has 7 aromatic carbocycles. The number of fused-ring (bicyclic) bond motifs is 3. The summed E-state index contributed by atoms with van der Waals surface area (Å²) < 4.78 is 0.836. The van der Waals surface area contributed by atoms with Gasteiger partial charge in [-0.05, 0) is 49.5 Å². The third-order valence-electron chi connectivity index (χ3n) is 10.1. The molecule has 2 heteroatoms. The quantitative estimate of drug-likeness (QED) is 0.193.